The van der Waals surface area contributed by atoms with Crippen molar-refractivity contribution in [3.63, 3.8) is 0 Å². The van der Waals surface area contributed by atoms with E-state index in [0.29, 0.717) is 30.8 Å². The number of hydrogen-bond donors (Lipinski definition) is 2. The van der Waals surface area contributed by atoms with Gasteiger partial charge in [-0.15, -0.1) is 0 Å². The van der Waals surface area contributed by atoms with E-state index < -0.39 is 29.3 Å². The van der Waals surface area contributed by atoms with Crippen molar-refractivity contribution in [2.24, 2.45) is 0 Å². The molecule has 2 aromatic rings. The van der Waals surface area contributed by atoms with Gasteiger partial charge in [0.05, 0.1) is 0 Å². The highest BCUT2D eigenvalue weighted by Crippen LogP contribution is 2.50. The fourth-order valence-corrected chi connectivity index (χ4v) is 3.55. The van der Waals surface area contributed by atoms with Crippen LogP contribution in [0.2, 0.25) is 0 Å². The first-order chi connectivity index (χ1) is 12.9. The van der Waals surface area contributed by atoms with E-state index in [1.807, 2.05) is 0 Å². The molecule has 1 saturated heterocycles. The second-order valence-corrected chi connectivity index (χ2v) is 6.75. The van der Waals surface area contributed by atoms with E-state index in [2.05, 4.69) is 5.32 Å². The van der Waals surface area contributed by atoms with E-state index in [0.717, 1.165) is 17.7 Å². The maximum absolute atomic E-state index is 13.1. The molecule has 0 amide bonds. The molecule has 1 heterocycles. The number of benzene rings is 2. The van der Waals surface area contributed by atoms with Crippen LogP contribution in [0, 0.1) is 5.82 Å². The maximum atomic E-state index is 13.1. The zero-order valence-corrected chi connectivity index (χ0v) is 14.3. The zero-order valence-electron chi connectivity index (χ0n) is 14.3. The molecule has 152 valence electrons. The highest BCUT2D eigenvalue weighted by atomic mass is 19.4. The van der Waals surface area contributed by atoms with Crippen molar-refractivity contribution in [1.82, 2.24) is 5.32 Å². The average molecular weight is 407 g/mol. The molecule has 2 N–H and O–H groups in total. The van der Waals surface area contributed by atoms with Gasteiger partial charge in [-0.1, -0.05) is 36.4 Å². The summed E-state index contributed by atoms with van der Waals surface area (Å²) in [5.74, 6) is -0.742. The van der Waals surface area contributed by atoms with Gasteiger partial charge in [0.1, 0.15) is 5.82 Å². The second kappa shape index (κ2) is 7.04. The number of nitrogens with one attached hydrogen (secondary N) is 1. The van der Waals surface area contributed by atoms with Crippen molar-refractivity contribution in [1.29, 1.82) is 0 Å². The predicted octanol–water partition coefficient (Wildman–Crippen LogP) is 4.61. The first-order valence-corrected chi connectivity index (χ1v) is 8.37. The zero-order chi connectivity index (χ0) is 20.7. The molecule has 1 fully saturated rings. The first-order valence-electron chi connectivity index (χ1n) is 8.37. The fourth-order valence-electron chi connectivity index (χ4n) is 3.55. The summed E-state index contributed by atoms with van der Waals surface area (Å²) < 4.78 is 91.1. The van der Waals surface area contributed by atoms with Crippen molar-refractivity contribution in [3.05, 3.63) is 71.0 Å². The molecule has 0 bridgehead atoms. The standard InChI is InChI=1S/C19H16F7NO/c20-14-7-3-12(4-8-14)16-10-27-9-15(16)11-1-5-13(6-2-11)17(28,18(21,22)23)19(24,25)26/h1-8,15-16,27-28H,9-10H2. The van der Waals surface area contributed by atoms with E-state index in [-0.39, 0.29) is 11.8 Å². The Kier molecular flexibility index (Phi) is 5.18. The molecule has 1 aliphatic rings. The Morgan fingerprint density at radius 2 is 1.11 bits per heavy atom. The van der Waals surface area contributed by atoms with Gasteiger partial charge in [-0.2, -0.15) is 26.3 Å². The summed E-state index contributed by atoms with van der Waals surface area (Å²) in [5, 5.41) is 12.6. The van der Waals surface area contributed by atoms with Gasteiger partial charge in [-0.3, -0.25) is 0 Å². The topological polar surface area (TPSA) is 32.3 Å². The highest BCUT2D eigenvalue weighted by molar-refractivity contribution is 5.36. The lowest BCUT2D eigenvalue weighted by Crippen LogP contribution is -2.53. The minimum Gasteiger partial charge on any atom is -0.369 e. The van der Waals surface area contributed by atoms with Gasteiger partial charge < -0.3 is 10.4 Å². The summed E-state index contributed by atoms with van der Waals surface area (Å²) in [4.78, 5) is 0. The van der Waals surface area contributed by atoms with Gasteiger partial charge in [0.25, 0.3) is 5.60 Å². The Morgan fingerprint density at radius 3 is 1.50 bits per heavy atom. The average Bonchev–Trinajstić information content (AvgIpc) is 3.09. The monoisotopic (exact) mass is 407 g/mol. The molecule has 0 saturated carbocycles. The van der Waals surface area contributed by atoms with Crippen LogP contribution in [-0.4, -0.2) is 30.5 Å². The molecule has 2 unspecified atom stereocenters. The lowest BCUT2D eigenvalue weighted by Gasteiger charge is -2.33. The molecule has 9 heteroatoms. The molecule has 0 spiro atoms. The minimum absolute atomic E-state index is 0.115. The summed E-state index contributed by atoms with van der Waals surface area (Å²) in [7, 11) is 0. The van der Waals surface area contributed by atoms with E-state index >= 15 is 0 Å². The van der Waals surface area contributed by atoms with Crippen LogP contribution in [-0.2, 0) is 5.60 Å². The summed E-state index contributed by atoms with van der Waals surface area (Å²) in [6.07, 6.45) is -11.8. The van der Waals surface area contributed by atoms with Gasteiger partial charge in [0, 0.05) is 30.5 Å². The molecule has 0 radical (unpaired) electrons. The molecule has 2 aromatic carbocycles. The number of halogens is 7. The number of aliphatic hydroxyl groups is 1. The maximum Gasteiger partial charge on any atom is 0.430 e. The lowest BCUT2D eigenvalue weighted by molar-refractivity contribution is -0.376. The van der Waals surface area contributed by atoms with Crippen molar-refractivity contribution in [3.8, 4) is 0 Å². The number of rotatable bonds is 3. The van der Waals surface area contributed by atoms with Crippen molar-refractivity contribution < 1.29 is 35.8 Å². The van der Waals surface area contributed by atoms with E-state index in [1.54, 1.807) is 12.1 Å². The Morgan fingerprint density at radius 1 is 0.714 bits per heavy atom. The van der Waals surface area contributed by atoms with Gasteiger partial charge in [0.2, 0.25) is 0 Å². The largest absolute Gasteiger partial charge is 0.430 e. The van der Waals surface area contributed by atoms with Crippen LogP contribution in [0.4, 0.5) is 30.7 Å². The quantitative estimate of drug-likeness (QED) is 0.729. The lowest BCUT2D eigenvalue weighted by atomic mass is 9.82. The predicted molar refractivity (Wildman–Crippen MR) is 87.2 cm³/mol. The summed E-state index contributed by atoms with van der Waals surface area (Å²) >= 11 is 0. The molecule has 2 nitrogen and oxygen atoms in total. The normalized spacial score (nSPS) is 21.1. The number of hydrogen-bond acceptors (Lipinski definition) is 2. The van der Waals surface area contributed by atoms with Crippen molar-refractivity contribution >= 4 is 0 Å². The van der Waals surface area contributed by atoms with E-state index in [1.165, 1.54) is 12.1 Å². The van der Waals surface area contributed by atoms with Gasteiger partial charge in [0.15, 0.2) is 0 Å². The molecule has 28 heavy (non-hydrogen) atoms. The van der Waals surface area contributed by atoms with Crippen LogP contribution in [0.25, 0.3) is 0 Å². The van der Waals surface area contributed by atoms with E-state index in [4.69, 9.17) is 0 Å². The summed E-state index contributed by atoms with van der Waals surface area (Å²) in [6, 6.07) is 9.40. The third-order valence-corrected chi connectivity index (χ3v) is 5.09. The Bertz CT molecular complexity index is 798. The van der Waals surface area contributed by atoms with Crippen LogP contribution >= 0.6 is 0 Å². The van der Waals surface area contributed by atoms with Crippen molar-refractivity contribution in [2.75, 3.05) is 13.1 Å². The smallest absolute Gasteiger partial charge is 0.369 e. The molecule has 0 aliphatic carbocycles. The second-order valence-electron chi connectivity index (χ2n) is 6.75. The van der Waals surface area contributed by atoms with Crippen molar-refractivity contribution in [2.45, 2.75) is 29.8 Å². The Balaban J connectivity index is 1.92. The van der Waals surface area contributed by atoms with E-state index in [9.17, 15) is 35.8 Å². The summed E-state index contributed by atoms with van der Waals surface area (Å²) in [5.41, 5.74) is -4.90. The van der Waals surface area contributed by atoms with Gasteiger partial charge in [-0.05, 0) is 23.3 Å². The Hall–Kier alpha value is -2.13. The van der Waals surface area contributed by atoms with Crippen LogP contribution in [0.3, 0.4) is 0 Å². The first kappa shape index (κ1) is 20.6. The van der Waals surface area contributed by atoms with Crippen LogP contribution < -0.4 is 5.32 Å². The Labute approximate surface area is 156 Å². The number of alkyl halides is 6. The fraction of sp³-hybridized carbons (Fsp3) is 0.368. The molecule has 3 rings (SSSR count). The molecule has 2 atom stereocenters. The third-order valence-electron chi connectivity index (χ3n) is 5.09. The molecular weight excluding hydrogens is 391 g/mol. The van der Waals surface area contributed by atoms with Crippen LogP contribution in [0.1, 0.15) is 28.5 Å². The summed E-state index contributed by atoms with van der Waals surface area (Å²) in [6.45, 7) is 0.997. The third kappa shape index (κ3) is 3.48. The molecule has 1 aliphatic heterocycles. The molecular formula is C19H16F7NO. The van der Waals surface area contributed by atoms with Crippen LogP contribution in [0.15, 0.2) is 48.5 Å². The van der Waals surface area contributed by atoms with Gasteiger partial charge >= 0.3 is 12.4 Å². The SMILES string of the molecule is OC(c1ccc(C2CNCC2c2ccc(F)cc2)cc1)(C(F)(F)F)C(F)(F)F. The van der Waals surface area contributed by atoms with Gasteiger partial charge in [-0.25, -0.2) is 4.39 Å². The van der Waals surface area contributed by atoms with Crippen LogP contribution in [0.5, 0.6) is 0 Å². The minimum atomic E-state index is -5.92. The molecule has 0 aromatic heterocycles. The highest BCUT2D eigenvalue weighted by Gasteiger charge is 2.71.